The average Bonchev–Trinajstić information content (AvgIpc) is 2.72. The van der Waals surface area contributed by atoms with E-state index in [9.17, 15) is 14.4 Å². The summed E-state index contributed by atoms with van der Waals surface area (Å²) in [4.78, 5) is 34.3. The monoisotopic (exact) mass is 393 g/mol. The minimum atomic E-state index is -0.668. The molecule has 0 saturated carbocycles. The quantitative estimate of drug-likeness (QED) is 0.377. The van der Waals surface area contributed by atoms with E-state index < -0.39 is 18.5 Å². The fourth-order valence-electron chi connectivity index (χ4n) is 2.35. The molecule has 0 fully saturated rings. The second-order valence-electron chi connectivity index (χ2n) is 5.72. The summed E-state index contributed by atoms with van der Waals surface area (Å²) in [5.41, 5.74) is 0.658. The van der Waals surface area contributed by atoms with Crippen molar-refractivity contribution in [3.63, 3.8) is 0 Å². The maximum Gasteiger partial charge on any atom is 0.331 e. The number of fused-ring (bicyclic) bond motifs is 1. The van der Waals surface area contributed by atoms with Crippen LogP contribution >= 0.6 is 0 Å². The maximum absolute atomic E-state index is 11.8. The van der Waals surface area contributed by atoms with Crippen LogP contribution in [-0.2, 0) is 23.9 Å². The topological polar surface area (TPSA) is 109 Å². The fourth-order valence-corrected chi connectivity index (χ4v) is 2.35. The van der Waals surface area contributed by atoms with E-state index in [1.54, 1.807) is 12.1 Å². The molecule has 1 heterocycles. The molecule has 1 amide bonds. The lowest BCUT2D eigenvalue weighted by molar-refractivity contribution is -0.143. The molecule has 9 heteroatoms. The Kier molecular flexibility index (Phi) is 8.13. The minimum Gasteiger partial charge on any atom is -0.493 e. The first-order valence-electron chi connectivity index (χ1n) is 8.69. The molecule has 1 aliphatic rings. The number of carbonyl (C=O) groups excluding carboxylic acids is 3. The third-order valence-corrected chi connectivity index (χ3v) is 3.72. The SMILES string of the molecule is COC(=O)CCCNC(=O)COC(=O)/C=C/c1cc(OC)c2c(c1)OCCO2. The van der Waals surface area contributed by atoms with E-state index in [4.69, 9.17) is 18.9 Å². The normalized spacial score (nSPS) is 12.4. The molecular weight excluding hydrogens is 370 g/mol. The van der Waals surface area contributed by atoms with Gasteiger partial charge in [-0.3, -0.25) is 9.59 Å². The Morgan fingerprint density at radius 2 is 1.96 bits per heavy atom. The van der Waals surface area contributed by atoms with Crippen molar-refractivity contribution >= 4 is 23.9 Å². The summed E-state index contributed by atoms with van der Waals surface area (Å²) in [7, 11) is 2.81. The Bertz CT molecular complexity index is 726. The fraction of sp³-hybridized carbons (Fsp3) is 0.421. The summed E-state index contributed by atoms with van der Waals surface area (Å²) in [6, 6.07) is 3.42. The molecule has 2 rings (SSSR count). The number of amides is 1. The van der Waals surface area contributed by atoms with Crippen LogP contribution in [0.3, 0.4) is 0 Å². The van der Waals surface area contributed by atoms with Gasteiger partial charge in [-0.05, 0) is 30.2 Å². The lowest BCUT2D eigenvalue weighted by Gasteiger charge is -2.20. The summed E-state index contributed by atoms with van der Waals surface area (Å²) in [6.07, 6.45) is 3.38. The standard InChI is InChI=1S/C19H23NO8/c1-24-14-10-13(11-15-19(14)27-9-8-26-15)5-6-18(23)28-12-16(21)20-7-3-4-17(22)25-2/h5-6,10-11H,3-4,7-9,12H2,1-2H3,(H,20,21)/b6-5+. The summed E-state index contributed by atoms with van der Waals surface area (Å²) < 4.78 is 25.7. The molecule has 0 aliphatic carbocycles. The van der Waals surface area contributed by atoms with Gasteiger partial charge in [0.25, 0.3) is 5.91 Å². The molecule has 0 spiro atoms. The van der Waals surface area contributed by atoms with Gasteiger partial charge in [0.15, 0.2) is 18.1 Å². The summed E-state index contributed by atoms with van der Waals surface area (Å²) in [5.74, 6) is 0.0895. The third-order valence-electron chi connectivity index (χ3n) is 3.72. The van der Waals surface area contributed by atoms with E-state index in [0.717, 1.165) is 0 Å². The van der Waals surface area contributed by atoms with Gasteiger partial charge in [0.2, 0.25) is 5.75 Å². The summed E-state index contributed by atoms with van der Waals surface area (Å²) >= 11 is 0. The Balaban J connectivity index is 1.79. The number of ether oxygens (including phenoxy) is 5. The van der Waals surface area contributed by atoms with Crippen LogP contribution in [0.2, 0.25) is 0 Å². The molecule has 1 aromatic rings. The van der Waals surface area contributed by atoms with Crippen LogP contribution < -0.4 is 19.5 Å². The van der Waals surface area contributed by atoms with Gasteiger partial charge in [-0.2, -0.15) is 0 Å². The van der Waals surface area contributed by atoms with Crippen LogP contribution in [0.25, 0.3) is 6.08 Å². The second-order valence-corrected chi connectivity index (χ2v) is 5.72. The number of nitrogens with one attached hydrogen (secondary N) is 1. The highest BCUT2D eigenvalue weighted by Crippen LogP contribution is 2.40. The number of hydrogen-bond acceptors (Lipinski definition) is 8. The second kappa shape index (κ2) is 10.8. The summed E-state index contributed by atoms with van der Waals surface area (Å²) in [5, 5.41) is 2.55. The molecule has 0 aromatic heterocycles. The molecule has 0 atom stereocenters. The lowest BCUT2D eigenvalue weighted by Crippen LogP contribution is -2.29. The molecular formula is C19H23NO8. The van der Waals surface area contributed by atoms with Gasteiger partial charge in [-0.1, -0.05) is 0 Å². The van der Waals surface area contributed by atoms with Gasteiger partial charge in [0.05, 0.1) is 14.2 Å². The smallest absolute Gasteiger partial charge is 0.331 e. The van der Waals surface area contributed by atoms with Crippen LogP contribution in [-0.4, -0.2) is 58.4 Å². The van der Waals surface area contributed by atoms with Crippen LogP contribution in [0, 0.1) is 0 Å². The number of hydrogen-bond donors (Lipinski definition) is 1. The number of esters is 2. The molecule has 1 N–H and O–H groups in total. The molecule has 9 nitrogen and oxygen atoms in total. The van der Waals surface area contributed by atoms with Crippen molar-refractivity contribution in [3.05, 3.63) is 23.8 Å². The van der Waals surface area contributed by atoms with Crippen LogP contribution in [0.4, 0.5) is 0 Å². The molecule has 1 aromatic carbocycles. The van der Waals surface area contributed by atoms with Crippen molar-refractivity contribution in [2.75, 3.05) is 40.6 Å². The van der Waals surface area contributed by atoms with Crippen molar-refractivity contribution < 1.29 is 38.1 Å². The zero-order valence-electron chi connectivity index (χ0n) is 15.8. The Labute approximate surface area is 162 Å². The number of methoxy groups -OCH3 is 2. The Hall–Kier alpha value is -3.23. The van der Waals surface area contributed by atoms with Gasteiger partial charge in [0, 0.05) is 19.0 Å². The van der Waals surface area contributed by atoms with E-state index in [-0.39, 0.29) is 18.9 Å². The number of benzene rings is 1. The first-order valence-corrected chi connectivity index (χ1v) is 8.69. The minimum absolute atomic E-state index is 0.207. The molecule has 0 saturated heterocycles. The van der Waals surface area contributed by atoms with Crippen molar-refractivity contribution in [2.45, 2.75) is 12.8 Å². The van der Waals surface area contributed by atoms with E-state index in [1.165, 1.54) is 26.4 Å². The van der Waals surface area contributed by atoms with Crippen LogP contribution in [0.15, 0.2) is 18.2 Å². The van der Waals surface area contributed by atoms with Gasteiger partial charge < -0.3 is 29.0 Å². The highest BCUT2D eigenvalue weighted by molar-refractivity contribution is 5.89. The highest BCUT2D eigenvalue weighted by Gasteiger charge is 2.17. The van der Waals surface area contributed by atoms with Gasteiger partial charge >= 0.3 is 11.9 Å². The first kappa shape index (κ1) is 21.1. The average molecular weight is 393 g/mol. The lowest BCUT2D eigenvalue weighted by atomic mass is 10.1. The van der Waals surface area contributed by atoms with Crippen LogP contribution in [0.1, 0.15) is 18.4 Å². The zero-order valence-corrected chi connectivity index (χ0v) is 15.8. The van der Waals surface area contributed by atoms with E-state index >= 15 is 0 Å². The van der Waals surface area contributed by atoms with Crippen molar-refractivity contribution in [1.29, 1.82) is 0 Å². The van der Waals surface area contributed by atoms with Crippen LogP contribution in [0.5, 0.6) is 17.2 Å². The first-order chi connectivity index (χ1) is 13.5. The predicted octanol–water partition coefficient (Wildman–Crippen LogP) is 1.09. The van der Waals surface area contributed by atoms with E-state index in [1.807, 2.05) is 0 Å². The van der Waals surface area contributed by atoms with Gasteiger partial charge in [-0.15, -0.1) is 0 Å². The third kappa shape index (κ3) is 6.49. The Morgan fingerprint density at radius 1 is 1.18 bits per heavy atom. The number of carbonyl (C=O) groups is 3. The molecule has 0 unspecified atom stereocenters. The largest absolute Gasteiger partial charge is 0.493 e. The maximum atomic E-state index is 11.8. The molecule has 0 radical (unpaired) electrons. The predicted molar refractivity (Wildman–Crippen MR) is 98.2 cm³/mol. The molecule has 152 valence electrons. The highest BCUT2D eigenvalue weighted by atomic mass is 16.6. The summed E-state index contributed by atoms with van der Waals surface area (Å²) in [6.45, 7) is 0.750. The molecule has 1 aliphatic heterocycles. The van der Waals surface area contributed by atoms with Crippen molar-refractivity contribution in [1.82, 2.24) is 5.32 Å². The molecule has 0 bridgehead atoms. The zero-order chi connectivity index (χ0) is 20.4. The van der Waals surface area contributed by atoms with Crippen molar-refractivity contribution in [3.8, 4) is 17.2 Å². The van der Waals surface area contributed by atoms with Gasteiger partial charge in [0.1, 0.15) is 13.2 Å². The van der Waals surface area contributed by atoms with Gasteiger partial charge in [-0.25, -0.2) is 4.79 Å². The number of rotatable bonds is 9. The van der Waals surface area contributed by atoms with Crippen molar-refractivity contribution in [2.24, 2.45) is 0 Å². The van der Waals surface area contributed by atoms with E-state index in [0.29, 0.717) is 42.4 Å². The van der Waals surface area contributed by atoms with E-state index in [2.05, 4.69) is 10.1 Å². The Morgan fingerprint density at radius 3 is 2.71 bits per heavy atom. The molecule has 28 heavy (non-hydrogen) atoms.